The van der Waals surface area contributed by atoms with E-state index >= 15 is 0 Å². The van der Waals surface area contributed by atoms with E-state index < -0.39 is 0 Å². The molecule has 8 nitrogen and oxygen atoms in total. The molecule has 4 rings (SSSR count). The van der Waals surface area contributed by atoms with Crippen molar-refractivity contribution in [2.75, 3.05) is 49.6 Å². The summed E-state index contributed by atoms with van der Waals surface area (Å²) >= 11 is 0. The molecule has 2 amide bonds. The van der Waals surface area contributed by atoms with E-state index in [1.54, 1.807) is 0 Å². The monoisotopic (exact) mass is 410 g/mol. The zero-order valence-electron chi connectivity index (χ0n) is 17.7. The lowest BCUT2D eigenvalue weighted by Gasteiger charge is -2.36. The van der Waals surface area contributed by atoms with Crippen molar-refractivity contribution in [3.05, 3.63) is 35.5 Å². The van der Waals surface area contributed by atoms with Crippen LogP contribution in [0.25, 0.3) is 11.4 Å². The van der Waals surface area contributed by atoms with Gasteiger partial charge in [-0.15, -0.1) is 0 Å². The van der Waals surface area contributed by atoms with E-state index in [-0.39, 0.29) is 12.1 Å². The molecule has 1 fully saturated rings. The molecule has 1 saturated heterocycles. The Morgan fingerprint density at radius 2 is 2.03 bits per heavy atom. The zero-order valence-corrected chi connectivity index (χ0v) is 17.7. The number of aromatic nitrogens is 2. The molecule has 1 atom stereocenters. The maximum Gasteiger partial charge on any atom is 0.319 e. The molecule has 2 aliphatic rings. The number of carbonyl (C=O) groups is 1. The van der Waals surface area contributed by atoms with Gasteiger partial charge in [0.1, 0.15) is 5.82 Å². The molecule has 160 valence electrons. The van der Waals surface area contributed by atoms with Crippen molar-refractivity contribution >= 4 is 17.5 Å². The predicted molar refractivity (Wildman–Crippen MR) is 118 cm³/mol. The first-order valence-electron chi connectivity index (χ1n) is 10.8. The minimum atomic E-state index is -0.206. The number of urea groups is 1. The van der Waals surface area contributed by atoms with E-state index in [0.29, 0.717) is 13.2 Å². The van der Waals surface area contributed by atoms with Crippen molar-refractivity contribution in [2.45, 2.75) is 32.7 Å². The summed E-state index contributed by atoms with van der Waals surface area (Å²) in [5, 5.41) is 9.03. The van der Waals surface area contributed by atoms with Gasteiger partial charge in [-0.2, -0.15) is 0 Å². The van der Waals surface area contributed by atoms with Crippen LogP contribution in [0, 0.1) is 0 Å². The van der Waals surface area contributed by atoms with Gasteiger partial charge in [0.15, 0.2) is 5.82 Å². The number of anilines is 2. The van der Waals surface area contributed by atoms with E-state index in [0.717, 1.165) is 67.7 Å². The molecule has 3 heterocycles. The SMILES string of the molecule is CCNC(=O)Nc1ccc(-c2nc3c(c(N4CCOC[C@@H]4C)n2)CCNCC3)cc1. The van der Waals surface area contributed by atoms with Gasteiger partial charge >= 0.3 is 6.03 Å². The Kier molecular flexibility index (Phi) is 6.44. The van der Waals surface area contributed by atoms with Crippen LogP contribution in [0.1, 0.15) is 25.1 Å². The third-order valence-corrected chi connectivity index (χ3v) is 5.54. The van der Waals surface area contributed by atoms with Crippen LogP contribution in [-0.2, 0) is 17.6 Å². The van der Waals surface area contributed by atoms with Gasteiger partial charge in [-0.3, -0.25) is 0 Å². The van der Waals surface area contributed by atoms with Crippen molar-refractivity contribution in [2.24, 2.45) is 0 Å². The molecule has 30 heavy (non-hydrogen) atoms. The van der Waals surface area contributed by atoms with Gasteiger partial charge in [0.2, 0.25) is 0 Å². The zero-order chi connectivity index (χ0) is 20.9. The molecule has 2 aliphatic heterocycles. The van der Waals surface area contributed by atoms with Crippen LogP contribution in [0.2, 0.25) is 0 Å². The smallest absolute Gasteiger partial charge is 0.319 e. The molecule has 0 radical (unpaired) electrons. The average Bonchev–Trinajstić information content (AvgIpc) is 3.00. The molecule has 0 saturated carbocycles. The summed E-state index contributed by atoms with van der Waals surface area (Å²) in [6.45, 7) is 8.81. The number of morpholine rings is 1. The summed E-state index contributed by atoms with van der Waals surface area (Å²) in [5.41, 5.74) is 4.07. The number of carbonyl (C=O) groups excluding carboxylic acids is 1. The summed E-state index contributed by atoms with van der Waals surface area (Å²) in [4.78, 5) is 24.1. The minimum absolute atomic E-state index is 0.206. The molecular weight excluding hydrogens is 380 g/mol. The molecule has 3 N–H and O–H groups in total. The molecule has 1 aromatic carbocycles. The van der Waals surface area contributed by atoms with Crippen molar-refractivity contribution in [3.63, 3.8) is 0 Å². The van der Waals surface area contributed by atoms with Gasteiger partial charge in [0, 0.05) is 42.9 Å². The Bertz CT molecular complexity index is 886. The van der Waals surface area contributed by atoms with Crippen molar-refractivity contribution < 1.29 is 9.53 Å². The van der Waals surface area contributed by atoms with Crippen LogP contribution in [0.15, 0.2) is 24.3 Å². The second-order valence-electron chi connectivity index (χ2n) is 7.73. The highest BCUT2D eigenvalue weighted by Crippen LogP contribution is 2.29. The Hall–Kier alpha value is -2.71. The fraction of sp³-hybridized carbons (Fsp3) is 0.500. The van der Waals surface area contributed by atoms with E-state index in [4.69, 9.17) is 14.7 Å². The van der Waals surface area contributed by atoms with Crippen LogP contribution >= 0.6 is 0 Å². The van der Waals surface area contributed by atoms with Crippen molar-refractivity contribution in [1.82, 2.24) is 20.6 Å². The van der Waals surface area contributed by atoms with Crippen LogP contribution in [0.3, 0.4) is 0 Å². The lowest BCUT2D eigenvalue weighted by molar-refractivity contribution is 0.0984. The minimum Gasteiger partial charge on any atom is -0.377 e. The number of nitrogens with zero attached hydrogens (tertiary/aromatic N) is 3. The maximum atomic E-state index is 11.7. The summed E-state index contributed by atoms with van der Waals surface area (Å²) in [7, 11) is 0. The number of fused-ring (bicyclic) bond motifs is 1. The van der Waals surface area contributed by atoms with Gasteiger partial charge in [-0.25, -0.2) is 14.8 Å². The fourth-order valence-corrected chi connectivity index (χ4v) is 3.97. The highest BCUT2D eigenvalue weighted by Gasteiger charge is 2.26. The standard InChI is InChI=1S/C22H30N6O2/c1-3-24-22(29)25-17-6-4-16(5-7-17)20-26-19-9-11-23-10-8-18(19)21(27-20)28-12-13-30-14-15(28)2/h4-7,15,23H,3,8-14H2,1-2H3,(H2,24,25,29)/t15-/m0/s1. The molecule has 0 bridgehead atoms. The summed E-state index contributed by atoms with van der Waals surface area (Å²) in [6.07, 6.45) is 1.83. The lowest BCUT2D eigenvalue weighted by Crippen LogP contribution is -2.45. The van der Waals surface area contributed by atoms with E-state index in [1.165, 1.54) is 5.56 Å². The van der Waals surface area contributed by atoms with Gasteiger partial charge in [-0.1, -0.05) is 0 Å². The van der Waals surface area contributed by atoms with Gasteiger partial charge in [0.25, 0.3) is 0 Å². The molecule has 0 aliphatic carbocycles. The fourth-order valence-electron chi connectivity index (χ4n) is 3.97. The molecule has 0 spiro atoms. The molecular formula is C22H30N6O2. The maximum absolute atomic E-state index is 11.7. The van der Waals surface area contributed by atoms with E-state index in [9.17, 15) is 4.79 Å². The number of ether oxygens (including phenoxy) is 1. The molecule has 0 unspecified atom stereocenters. The number of hydrogen-bond donors (Lipinski definition) is 3. The highest BCUT2D eigenvalue weighted by molar-refractivity contribution is 5.89. The quantitative estimate of drug-likeness (QED) is 0.716. The first-order chi connectivity index (χ1) is 14.7. The first kappa shape index (κ1) is 20.6. The van der Waals surface area contributed by atoms with Gasteiger partial charge in [0.05, 0.1) is 24.9 Å². The second-order valence-corrected chi connectivity index (χ2v) is 7.73. The number of hydrogen-bond acceptors (Lipinski definition) is 6. The van der Waals surface area contributed by atoms with E-state index in [2.05, 4.69) is 27.8 Å². The van der Waals surface area contributed by atoms with Gasteiger partial charge in [-0.05, 0) is 51.1 Å². The summed E-state index contributed by atoms with van der Waals surface area (Å²) in [5.74, 6) is 1.77. The Labute approximate surface area is 177 Å². The second kappa shape index (κ2) is 9.40. The van der Waals surface area contributed by atoms with Crippen molar-refractivity contribution in [3.8, 4) is 11.4 Å². The molecule has 1 aromatic heterocycles. The Morgan fingerprint density at radius 3 is 2.80 bits per heavy atom. The highest BCUT2D eigenvalue weighted by atomic mass is 16.5. The number of rotatable bonds is 4. The topological polar surface area (TPSA) is 91.4 Å². The predicted octanol–water partition coefficient (Wildman–Crippen LogP) is 2.20. The summed E-state index contributed by atoms with van der Waals surface area (Å²) in [6, 6.07) is 7.78. The number of amides is 2. The third-order valence-electron chi connectivity index (χ3n) is 5.54. The Morgan fingerprint density at radius 1 is 1.23 bits per heavy atom. The van der Waals surface area contributed by atoms with Crippen LogP contribution < -0.4 is 20.9 Å². The third kappa shape index (κ3) is 4.55. The molecule has 8 heteroatoms. The van der Waals surface area contributed by atoms with Crippen LogP contribution in [0.5, 0.6) is 0 Å². The van der Waals surface area contributed by atoms with Crippen LogP contribution in [-0.4, -0.2) is 61.4 Å². The Balaban J connectivity index is 1.67. The van der Waals surface area contributed by atoms with Crippen LogP contribution in [0.4, 0.5) is 16.3 Å². The average molecular weight is 411 g/mol. The largest absolute Gasteiger partial charge is 0.377 e. The van der Waals surface area contributed by atoms with E-state index in [1.807, 2.05) is 31.2 Å². The van der Waals surface area contributed by atoms with Crippen molar-refractivity contribution in [1.29, 1.82) is 0 Å². The molecule has 2 aromatic rings. The number of benzene rings is 1. The van der Waals surface area contributed by atoms with Gasteiger partial charge < -0.3 is 25.6 Å². The normalized spacial score (nSPS) is 19.0. The summed E-state index contributed by atoms with van der Waals surface area (Å²) < 4.78 is 5.64. The first-order valence-corrected chi connectivity index (χ1v) is 10.8. The lowest BCUT2D eigenvalue weighted by atomic mass is 10.1. The number of nitrogens with one attached hydrogen (secondary N) is 3.